The number of nitrogens with one attached hydrogen (secondary N) is 3. The van der Waals surface area contributed by atoms with Crippen LogP contribution in [-0.4, -0.2) is 82.7 Å². The van der Waals surface area contributed by atoms with E-state index in [1.807, 2.05) is 18.2 Å². The van der Waals surface area contributed by atoms with Crippen molar-refractivity contribution in [2.75, 3.05) is 13.1 Å². The summed E-state index contributed by atoms with van der Waals surface area (Å²) in [5.41, 5.74) is -1.46. The molecule has 0 bridgehead atoms. The third kappa shape index (κ3) is 8.32. The van der Waals surface area contributed by atoms with Gasteiger partial charge in [-0.25, -0.2) is 9.52 Å². The van der Waals surface area contributed by atoms with E-state index in [1.165, 1.54) is 9.21 Å². The zero-order valence-electron chi connectivity index (χ0n) is 27.6. The van der Waals surface area contributed by atoms with Crippen LogP contribution in [0.1, 0.15) is 103 Å². The molecule has 3 N–H and O–H groups in total. The van der Waals surface area contributed by atoms with Crippen LogP contribution in [0.2, 0.25) is 0 Å². The number of rotatable bonds is 5. The van der Waals surface area contributed by atoms with Crippen LogP contribution in [0.25, 0.3) is 0 Å². The Balaban J connectivity index is 1.35. The molecule has 0 aromatic carbocycles. The highest BCUT2D eigenvalue weighted by Crippen LogP contribution is 2.46. The number of alkyl carbamates (subject to hydrolysis) is 1. The summed E-state index contributed by atoms with van der Waals surface area (Å²) in [5, 5.41) is 5.61. The summed E-state index contributed by atoms with van der Waals surface area (Å²) in [6.07, 6.45) is 13.2. The lowest BCUT2D eigenvalue weighted by Gasteiger charge is -2.35. The van der Waals surface area contributed by atoms with E-state index in [2.05, 4.69) is 20.3 Å². The predicted molar refractivity (Wildman–Crippen MR) is 174 cm³/mol. The Morgan fingerprint density at radius 1 is 1.02 bits per heavy atom. The van der Waals surface area contributed by atoms with Gasteiger partial charge in [0.05, 0.1) is 6.04 Å². The summed E-state index contributed by atoms with van der Waals surface area (Å²) in [6, 6.07) is 1.40. The molecule has 1 aromatic heterocycles. The Bertz CT molecular complexity index is 1460. The van der Waals surface area contributed by atoms with Crippen LogP contribution in [0.4, 0.5) is 4.79 Å². The number of ether oxygens (including phenoxy) is 1. The van der Waals surface area contributed by atoms with E-state index in [9.17, 15) is 27.6 Å². The number of fused-ring (bicyclic) bond motifs is 2. The van der Waals surface area contributed by atoms with Gasteiger partial charge in [-0.3, -0.25) is 19.4 Å². The van der Waals surface area contributed by atoms with Gasteiger partial charge in [0.15, 0.2) is 0 Å². The third-order valence-corrected chi connectivity index (χ3v) is 10.9. The highest BCUT2D eigenvalue weighted by atomic mass is 32.2. The van der Waals surface area contributed by atoms with Gasteiger partial charge in [0.25, 0.3) is 5.91 Å². The lowest BCUT2D eigenvalue weighted by Crippen LogP contribution is -2.59. The molecule has 0 radical (unpaired) electrons. The molecule has 3 aliphatic heterocycles. The van der Waals surface area contributed by atoms with Crippen molar-refractivity contribution in [3.8, 4) is 0 Å². The molecular weight excluding hydrogens is 624 g/mol. The summed E-state index contributed by atoms with van der Waals surface area (Å²) in [7, 11) is -4.27. The molecule has 4 heterocycles. The molecule has 5 atom stereocenters. The van der Waals surface area contributed by atoms with Crippen LogP contribution in [0, 0.1) is 5.92 Å². The van der Waals surface area contributed by atoms with Gasteiger partial charge in [-0.1, -0.05) is 37.5 Å². The van der Waals surface area contributed by atoms with Crippen molar-refractivity contribution in [3.63, 3.8) is 0 Å². The average Bonchev–Trinajstić information content (AvgIpc) is 3.48. The Morgan fingerprint density at radius 2 is 1.79 bits per heavy atom. The number of piperidine rings is 1. The number of nitrogens with zero attached hydrogens (tertiary/aromatic N) is 3. The SMILES string of the molecule is CC(C)(C)OC(=O)N[C@H]1CCCCC/C=C\[C@@H]2C[C@@]2(C(=O)NS(=O)(=O)N2CCCCC2c2cccnc2)NC(=O)[C@@H]2CCCN2C1=O. The molecule has 1 aromatic rings. The van der Waals surface area contributed by atoms with Crippen LogP contribution in [0.3, 0.4) is 0 Å². The molecule has 1 saturated carbocycles. The van der Waals surface area contributed by atoms with Gasteiger partial charge in [0.1, 0.15) is 23.2 Å². The highest BCUT2D eigenvalue weighted by molar-refractivity contribution is 7.87. The molecule has 1 unspecified atom stereocenters. The first-order chi connectivity index (χ1) is 22.3. The van der Waals surface area contributed by atoms with Crippen LogP contribution in [-0.2, 0) is 29.3 Å². The van der Waals surface area contributed by atoms with Crippen molar-refractivity contribution >= 4 is 34.0 Å². The molecule has 1 aliphatic carbocycles. The first-order valence-electron chi connectivity index (χ1n) is 16.8. The second kappa shape index (κ2) is 14.3. The van der Waals surface area contributed by atoms with Gasteiger partial charge in [-0.2, -0.15) is 12.7 Å². The van der Waals surface area contributed by atoms with Crippen LogP contribution in [0.5, 0.6) is 0 Å². The molecule has 14 heteroatoms. The zero-order chi connectivity index (χ0) is 33.8. The second-order valence-electron chi connectivity index (χ2n) is 14.1. The largest absolute Gasteiger partial charge is 0.444 e. The first-order valence-corrected chi connectivity index (χ1v) is 18.3. The fourth-order valence-corrected chi connectivity index (χ4v) is 8.37. The van der Waals surface area contributed by atoms with E-state index in [1.54, 1.807) is 39.2 Å². The van der Waals surface area contributed by atoms with Crippen LogP contribution in [0.15, 0.2) is 36.7 Å². The lowest BCUT2D eigenvalue weighted by molar-refractivity contribution is -0.141. The minimum Gasteiger partial charge on any atom is -0.444 e. The van der Waals surface area contributed by atoms with E-state index in [-0.39, 0.29) is 18.9 Å². The number of amides is 4. The van der Waals surface area contributed by atoms with Crippen LogP contribution < -0.4 is 15.4 Å². The zero-order valence-corrected chi connectivity index (χ0v) is 28.4. The molecule has 0 spiro atoms. The molecule has 13 nitrogen and oxygen atoms in total. The maximum Gasteiger partial charge on any atom is 0.408 e. The summed E-state index contributed by atoms with van der Waals surface area (Å²) in [4.78, 5) is 59.9. The topological polar surface area (TPSA) is 167 Å². The summed E-state index contributed by atoms with van der Waals surface area (Å²) in [5.74, 6) is -2.08. The normalized spacial score (nSPS) is 30.1. The smallest absolute Gasteiger partial charge is 0.408 e. The fourth-order valence-electron chi connectivity index (χ4n) is 6.91. The third-order valence-electron chi connectivity index (χ3n) is 9.38. The number of hydrogen-bond acceptors (Lipinski definition) is 8. The summed E-state index contributed by atoms with van der Waals surface area (Å²) >= 11 is 0. The number of carbonyl (C=O) groups excluding carboxylic acids is 4. The van der Waals surface area contributed by atoms with Crippen LogP contribution >= 0.6 is 0 Å². The lowest BCUT2D eigenvalue weighted by atomic mass is 9.99. The monoisotopic (exact) mass is 672 g/mol. The molecular formula is C33H48N6O7S. The van der Waals surface area contributed by atoms with Gasteiger partial charge >= 0.3 is 16.3 Å². The number of aromatic nitrogens is 1. The fraction of sp³-hybridized carbons (Fsp3) is 0.667. The molecule has 3 fully saturated rings. The summed E-state index contributed by atoms with van der Waals surface area (Å²) in [6.45, 7) is 5.81. The van der Waals surface area contributed by atoms with Gasteiger partial charge in [-0.15, -0.1) is 0 Å². The van der Waals surface area contributed by atoms with Gasteiger partial charge < -0.3 is 20.3 Å². The molecule has 2 saturated heterocycles. The van der Waals surface area contributed by atoms with E-state index in [0.717, 1.165) is 24.8 Å². The van der Waals surface area contributed by atoms with Gasteiger partial charge in [-0.05, 0) is 83.8 Å². The molecule has 258 valence electrons. The van der Waals surface area contributed by atoms with E-state index < -0.39 is 63.3 Å². The predicted octanol–water partition coefficient (Wildman–Crippen LogP) is 3.25. The Hall–Kier alpha value is -3.52. The minimum atomic E-state index is -4.27. The number of pyridine rings is 1. The minimum absolute atomic E-state index is 0.242. The van der Waals surface area contributed by atoms with E-state index >= 15 is 0 Å². The van der Waals surface area contributed by atoms with E-state index in [4.69, 9.17) is 4.74 Å². The first kappa shape index (κ1) is 34.8. The summed E-state index contributed by atoms with van der Waals surface area (Å²) < 4.78 is 36.5. The molecule has 4 amide bonds. The van der Waals surface area contributed by atoms with Crippen molar-refractivity contribution in [1.82, 2.24) is 29.5 Å². The number of allylic oxidation sites excluding steroid dienone is 1. The number of hydrogen-bond donors (Lipinski definition) is 3. The van der Waals surface area contributed by atoms with Crippen molar-refractivity contribution in [3.05, 3.63) is 42.2 Å². The number of carbonyl (C=O) groups is 4. The van der Waals surface area contributed by atoms with Crippen molar-refractivity contribution in [2.45, 2.75) is 121 Å². The van der Waals surface area contributed by atoms with Gasteiger partial charge in [0.2, 0.25) is 11.8 Å². The van der Waals surface area contributed by atoms with Crippen molar-refractivity contribution in [2.24, 2.45) is 5.92 Å². The average molecular weight is 673 g/mol. The highest BCUT2D eigenvalue weighted by Gasteiger charge is 2.61. The maximum absolute atomic E-state index is 13.9. The Labute approximate surface area is 277 Å². The second-order valence-corrected chi connectivity index (χ2v) is 15.7. The Morgan fingerprint density at radius 3 is 2.53 bits per heavy atom. The van der Waals surface area contributed by atoms with Gasteiger partial charge in [0, 0.05) is 31.4 Å². The standard InChI is InChI=1S/C33H48N6O7S/c1-32(2,3)46-31(43)35-25-15-8-6-4-5-7-14-24-21-33(24,36-28(40)27-17-12-19-38(27)29(25)41)30(42)37-47(44,45)39-20-10-9-16-26(39)23-13-11-18-34-22-23/h7,11,13-14,18,22,24-27H,4-6,8-10,12,15-17,19-21H2,1-3H3,(H,35,43)(H,36,40)(H,37,42)/b14-7-/t24-,25+,26?,27+,33-/m1/s1. The quantitative estimate of drug-likeness (QED) is 0.401. The molecule has 4 aliphatic rings. The van der Waals surface area contributed by atoms with Crippen molar-refractivity contribution < 1.29 is 32.3 Å². The van der Waals surface area contributed by atoms with Crippen molar-refractivity contribution in [1.29, 1.82) is 0 Å². The maximum atomic E-state index is 13.9. The molecule has 5 rings (SSSR count). The molecule has 47 heavy (non-hydrogen) atoms. The Kier molecular flexibility index (Phi) is 10.6. The van der Waals surface area contributed by atoms with E-state index in [0.29, 0.717) is 51.5 Å².